The molecular weight excluding hydrogens is 352 g/mol. The third-order valence-corrected chi connectivity index (χ3v) is 3.92. The Morgan fingerprint density at radius 2 is 1.78 bits per heavy atom. The van der Waals surface area contributed by atoms with Crippen LogP contribution in [0.25, 0.3) is 11.3 Å². The molecule has 9 heteroatoms. The van der Waals surface area contributed by atoms with Gasteiger partial charge in [-0.2, -0.15) is 0 Å². The number of amides is 3. The summed E-state index contributed by atoms with van der Waals surface area (Å²) in [7, 11) is 4.15. The molecule has 0 saturated heterocycles. The van der Waals surface area contributed by atoms with Crippen LogP contribution in [0.3, 0.4) is 0 Å². The molecule has 2 rings (SSSR count). The predicted octanol–water partition coefficient (Wildman–Crippen LogP) is 0.449. The minimum absolute atomic E-state index is 0.267. The Hall–Kier alpha value is -3.46. The van der Waals surface area contributed by atoms with E-state index in [9.17, 15) is 14.4 Å². The zero-order chi connectivity index (χ0) is 20.0. The fourth-order valence-corrected chi connectivity index (χ4v) is 2.46. The molecule has 0 fully saturated rings. The van der Waals surface area contributed by atoms with E-state index in [1.54, 1.807) is 42.5 Å². The average Bonchev–Trinajstić information content (AvgIpc) is 2.72. The normalized spacial score (nSPS) is 11.3. The lowest BCUT2D eigenvalue weighted by atomic mass is 10.1. The molecule has 0 bridgehead atoms. The number of hydrogen-bond donors (Lipinski definition) is 3. The summed E-state index contributed by atoms with van der Waals surface area (Å²) >= 11 is 0. The number of pyridine rings is 1. The SMILES string of the molecule is CNC(=O)C(C(=O)NO)N(C)C(=O)c1ccc(-c2cccc(OC)n2)cc1. The molecule has 1 aromatic heterocycles. The molecule has 1 heterocycles. The van der Waals surface area contributed by atoms with E-state index in [0.717, 1.165) is 10.5 Å². The second kappa shape index (κ2) is 8.77. The molecule has 0 aliphatic rings. The Bertz CT molecular complexity index is 822. The van der Waals surface area contributed by atoms with Crippen LogP contribution in [0, 0.1) is 0 Å². The van der Waals surface area contributed by atoms with E-state index in [-0.39, 0.29) is 5.56 Å². The van der Waals surface area contributed by atoms with Crippen molar-refractivity contribution in [3.63, 3.8) is 0 Å². The largest absolute Gasteiger partial charge is 0.481 e. The number of carbonyl (C=O) groups excluding carboxylic acids is 3. The van der Waals surface area contributed by atoms with Gasteiger partial charge >= 0.3 is 0 Å². The molecule has 27 heavy (non-hydrogen) atoms. The minimum Gasteiger partial charge on any atom is -0.481 e. The van der Waals surface area contributed by atoms with E-state index >= 15 is 0 Å². The van der Waals surface area contributed by atoms with Crippen molar-refractivity contribution in [3.8, 4) is 17.1 Å². The number of ether oxygens (including phenoxy) is 1. The Kier molecular flexibility index (Phi) is 6.45. The number of hydroxylamine groups is 1. The maximum Gasteiger partial charge on any atom is 0.275 e. The number of benzene rings is 1. The monoisotopic (exact) mass is 372 g/mol. The number of hydrogen-bond acceptors (Lipinski definition) is 6. The summed E-state index contributed by atoms with van der Waals surface area (Å²) in [4.78, 5) is 41.5. The molecule has 9 nitrogen and oxygen atoms in total. The zero-order valence-electron chi connectivity index (χ0n) is 15.1. The molecule has 3 N–H and O–H groups in total. The maximum atomic E-state index is 12.6. The van der Waals surface area contributed by atoms with E-state index in [0.29, 0.717) is 11.6 Å². The Morgan fingerprint density at radius 3 is 2.33 bits per heavy atom. The molecule has 3 amide bonds. The first kappa shape index (κ1) is 19.9. The highest BCUT2D eigenvalue weighted by molar-refractivity contribution is 6.08. The van der Waals surface area contributed by atoms with Crippen LogP contribution in [0.5, 0.6) is 5.88 Å². The van der Waals surface area contributed by atoms with Gasteiger partial charge in [-0.25, -0.2) is 10.5 Å². The van der Waals surface area contributed by atoms with Crippen LogP contribution in [0.15, 0.2) is 42.5 Å². The quantitative estimate of drug-likeness (QED) is 0.385. The van der Waals surface area contributed by atoms with Crippen molar-refractivity contribution in [1.29, 1.82) is 0 Å². The zero-order valence-corrected chi connectivity index (χ0v) is 15.1. The summed E-state index contributed by atoms with van der Waals surface area (Å²) in [5.41, 5.74) is 3.10. The van der Waals surface area contributed by atoms with Gasteiger partial charge in [-0.1, -0.05) is 18.2 Å². The number of likely N-dealkylation sites (N-methyl/N-ethyl adjacent to an activating group) is 2. The smallest absolute Gasteiger partial charge is 0.275 e. The summed E-state index contributed by atoms with van der Waals surface area (Å²) < 4.78 is 5.09. The van der Waals surface area contributed by atoms with Crippen LogP contribution in [0.2, 0.25) is 0 Å². The van der Waals surface area contributed by atoms with Gasteiger partial charge in [-0.05, 0) is 18.2 Å². The number of nitrogens with zero attached hydrogens (tertiary/aromatic N) is 2. The van der Waals surface area contributed by atoms with Crippen LogP contribution in [0.4, 0.5) is 0 Å². The average molecular weight is 372 g/mol. The molecule has 1 atom stereocenters. The van der Waals surface area contributed by atoms with Gasteiger partial charge in [-0.15, -0.1) is 0 Å². The molecule has 1 aromatic carbocycles. The first-order valence-corrected chi connectivity index (χ1v) is 7.97. The second-order valence-electron chi connectivity index (χ2n) is 5.55. The van der Waals surface area contributed by atoms with Crippen LogP contribution in [-0.2, 0) is 9.59 Å². The van der Waals surface area contributed by atoms with Crippen molar-refractivity contribution in [2.75, 3.05) is 21.2 Å². The van der Waals surface area contributed by atoms with Gasteiger partial charge in [0.15, 0.2) is 6.04 Å². The molecule has 1 unspecified atom stereocenters. The second-order valence-corrected chi connectivity index (χ2v) is 5.55. The van der Waals surface area contributed by atoms with Gasteiger partial charge in [0.25, 0.3) is 17.7 Å². The minimum atomic E-state index is -1.51. The molecule has 0 aliphatic heterocycles. The summed E-state index contributed by atoms with van der Waals surface area (Å²) in [5, 5.41) is 11.1. The number of nitrogens with one attached hydrogen (secondary N) is 2. The van der Waals surface area contributed by atoms with Gasteiger partial charge in [0.2, 0.25) is 5.88 Å². The van der Waals surface area contributed by atoms with Crippen molar-refractivity contribution in [3.05, 3.63) is 48.0 Å². The molecule has 0 saturated carbocycles. The first-order chi connectivity index (χ1) is 12.9. The molecule has 0 aliphatic carbocycles. The maximum absolute atomic E-state index is 12.6. The number of rotatable bonds is 6. The molecule has 142 valence electrons. The number of carbonyl (C=O) groups is 3. The molecule has 0 radical (unpaired) electrons. The summed E-state index contributed by atoms with van der Waals surface area (Å²) in [6, 6.07) is 10.3. The van der Waals surface area contributed by atoms with Crippen molar-refractivity contribution in [2.45, 2.75) is 6.04 Å². The van der Waals surface area contributed by atoms with E-state index in [4.69, 9.17) is 9.94 Å². The van der Waals surface area contributed by atoms with Crippen molar-refractivity contribution in [1.82, 2.24) is 20.7 Å². The first-order valence-electron chi connectivity index (χ1n) is 7.97. The van der Waals surface area contributed by atoms with E-state index < -0.39 is 23.8 Å². The van der Waals surface area contributed by atoms with Gasteiger partial charge in [0.1, 0.15) is 0 Å². The van der Waals surface area contributed by atoms with Gasteiger partial charge in [-0.3, -0.25) is 19.6 Å². The van der Waals surface area contributed by atoms with Crippen molar-refractivity contribution in [2.24, 2.45) is 0 Å². The van der Waals surface area contributed by atoms with E-state index in [1.807, 2.05) is 0 Å². The topological polar surface area (TPSA) is 121 Å². The highest BCUT2D eigenvalue weighted by atomic mass is 16.5. The lowest BCUT2D eigenvalue weighted by Crippen LogP contribution is -2.54. The van der Waals surface area contributed by atoms with E-state index in [2.05, 4.69) is 10.3 Å². The van der Waals surface area contributed by atoms with Gasteiger partial charge < -0.3 is 15.0 Å². The fourth-order valence-electron chi connectivity index (χ4n) is 2.46. The summed E-state index contributed by atoms with van der Waals surface area (Å²) in [6.07, 6.45) is 0. The van der Waals surface area contributed by atoms with Crippen LogP contribution < -0.4 is 15.5 Å². The van der Waals surface area contributed by atoms with E-state index in [1.165, 1.54) is 26.7 Å². The van der Waals surface area contributed by atoms with Crippen LogP contribution >= 0.6 is 0 Å². The number of aromatic nitrogens is 1. The number of methoxy groups -OCH3 is 1. The lowest BCUT2D eigenvalue weighted by Gasteiger charge is -2.25. The van der Waals surface area contributed by atoms with Crippen LogP contribution in [-0.4, -0.2) is 60.1 Å². The Labute approximate surface area is 155 Å². The van der Waals surface area contributed by atoms with Crippen molar-refractivity contribution >= 4 is 17.7 Å². The highest BCUT2D eigenvalue weighted by Gasteiger charge is 2.33. The molecule has 0 spiro atoms. The standard InChI is InChI=1S/C18H20N4O5/c1-19-16(23)15(17(24)21-26)22(2)18(25)12-9-7-11(8-10-12)13-5-4-6-14(20-13)27-3/h4-10,15,26H,1-3H3,(H,19,23)(H,21,24). The third kappa shape index (κ3) is 4.39. The highest BCUT2D eigenvalue weighted by Crippen LogP contribution is 2.21. The summed E-state index contributed by atoms with van der Waals surface area (Å²) in [6.45, 7) is 0. The summed E-state index contributed by atoms with van der Waals surface area (Å²) in [5.74, 6) is -1.83. The van der Waals surface area contributed by atoms with Crippen LogP contribution in [0.1, 0.15) is 10.4 Å². The third-order valence-electron chi connectivity index (χ3n) is 3.92. The Morgan fingerprint density at radius 1 is 1.11 bits per heavy atom. The predicted molar refractivity (Wildman–Crippen MR) is 96.1 cm³/mol. The fraction of sp³-hybridized carbons (Fsp3) is 0.222. The van der Waals surface area contributed by atoms with Crippen molar-refractivity contribution < 1.29 is 24.3 Å². The molecular formula is C18H20N4O5. The Balaban J connectivity index is 2.25. The van der Waals surface area contributed by atoms with Gasteiger partial charge in [0.05, 0.1) is 12.8 Å². The lowest BCUT2D eigenvalue weighted by molar-refractivity contribution is -0.140. The molecule has 2 aromatic rings. The van der Waals surface area contributed by atoms with Gasteiger partial charge in [0, 0.05) is 31.3 Å².